The lowest BCUT2D eigenvalue weighted by Gasteiger charge is -2.14. The van der Waals surface area contributed by atoms with Crippen molar-refractivity contribution in [3.63, 3.8) is 0 Å². The van der Waals surface area contributed by atoms with Crippen LogP contribution in [0.15, 0.2) is 16.9 Å². The van der Waals surface area contributed by atoms with E-state index in [2.05, 4.69) is 20.5 Å². The van der Waals surface area contributed by atoms with Gasteiger partial charge in [-0.2, -0.15) is 5.10 Å². The van der Waals surface area contributed by atoms with E-state index in [1.54, 1.807) is 13.0 Å². The zero-order chi connectivity index (χ0) is 14.9. The number of aromatic nitrogens is 3. The van der Waals surface area contributed by atoms with Crippen LogP contribution in [0, 0.1) is 20.8 Å². The maximum absolute atomic E-state index is 12.2. The van der Waals surface area contributed by atoms with Crippen molar-refractivity contribution < 1.29 is 4.79 Å². The third kappa shape index (κ3) is 2.79. The van der Waals surface area contributed by atoms with E-state index in [0.717, 1.165) is 17.0 Å². The molecule has 0 unspecified atom stereocenters. The van der Waals surface area contributed by atoms with Crippen LogP contribution in [0.1, 0.15) is 46.0 Å². The number of carbonyl (C=O) groups excluding carboxylic acids is 1. The van der Waals surface area contributed by atoms with Crippen LogP contribution in [0.2, 0.25) is 0 Å². The molecule has 3 N–H and O–H groups in total. The van der Waals surface area contributed by atoms with Crippen LogP contribution in [0.3, 0.4) is 0 Å². The molecule has 6 nitrogen and oxygen atoms in total. The Morgan fingerprint density at radius 1 is 1.30 bits per heavy atom. The summed E-state index contributed by atoms with van der Waals surface area (Å²) < 4.78 is 0. The van der Waals surface area contributed by atoms with Crippen LogP contribution < -0.4 is 10.9 Å². The van der Waals surface area contributed by atoms with E-state index in [9.17, 15) is 9.59 Å². The van der Waals surface area contributed by atoms with E-state index in [4.69, 9.17) is 0 Å². The van der Waals surface area contributed by atoms with Gasteiger partial charge in [0, 0.05) is 28.6 Å². The van der Waals surface area contributed by atoms with Crippen LogP contribution in [0.25, 0.3) is 0 Å². The molecule has 0 aliphatic carbocycles. The average Bonchev–Trinajstić information content (AvgIpc) is 2.67. The first kappa shape index (κ1) is 14.0. The van der Waals surface area contributed by atoms with Gasteiger partial charge in [0.2, 0.25) is 5.56 Å². The predicted molar refractivity (Wildman–Crippen MR) is 75.7 cm³/mol. The molecule has 0 bridgehead atoms. The number of hydrogen-bond donors (Lipinski definition) is 3. The van der Waals surface area contributed by atoms with Crippen molar-refractivity contribution in [3.05, 3.63) is 50.7 Å². The number of amides is 1. The molecule has 0 saturated heterocycles. The number of aromatic amines is 2. The number of carbonyl (C=O) groups is 1. The number of nitrogens with zero attached hydrogens (tertiary/aromatic N) is 1. The van der Waals surface area contributed by atoms with Crippen molar-refractivity contribution in [2.24, 2.45) is 0 Å². The molecule has 1 amide bonds. The van der Waals surface area contributed by atoms with Gasteiger partial charge in [0.1, 0.15) is 0 Å². The first-order chi connectivity index (χ1) is 9.38. The molecule has 0 spiro atoms. The third-order valence-corrected chi connectivity index (χ3v) is 3.21. The molecular formula is C14H18N4O2. The van der Waals surface area contributed by atoms with Crippen molar-refractivity contribution in [1.82, 2.24) is 20.5 Å². The standard InChI is InChI=1S/C14H18N4O2/c1-7-5-11(6-12(19)15-7)14(20)16-8(2)13-9(3)17-18-10(13)4/h5-6,8H,1-4H3,(H,15,19)(H,16,20)(H,17,18)/t8-/m0/s1. The topological polar surface area (TPSA) is 90.6 Å². The fraction of sp³-hybridized carbons (Fsp3) is 0.357. The lowest BCUT2D eigenvalue weighted by Crippen LogP contribution is -2.28. The van der Waals surface area contributed by atoms with Gasteiger partial charge in [-0.15, -0.1) is 0 Å². The van der Waals surface area contributed by atoms with Gasteiger partial charge < -0.3 is 10.3 Å². The molecule has 2 aromatic rings. The summed E-state index contributed by atoms with van der Waals surface area (Å²) in [7, 11) is 0. The fourth-order valence-electron chi connectivity index (χ4n) is 2.36. The maximum atomic E-state index is 12.2. The number of H-pyrrole nitrogens is 2. The second-order valence-corrected chi connectivity index (χ2v) is 4.96. The van der Waals surface area contributed by atoms with E-state index in [-0.39, 0.29) is 17.5 Å². The van der Waals surface area contributed by atoms with Crippen LogP contribution in [0.5, 0.6) is 0 Å². The highest BCUT2D eigenvalue weighted by molar-refractivity contribution is 5.94. The first-order valence-electron chi connectivity index (χ1n) is 6.41. The third-order valence-electron chi connectivity index (χ3n) is 3.21. The lowest BCUT2D eigenvalue weighted by molar-refractivity contribution is 0.0939. The van der Waals surface area contributed by atoms with Gasteiger partial charge in [0.05, 0.1) is 11.7 Å². The predicted octanol–water partition coefficient (Wildman–Crippen LogP) is 1.51. The Labute approximate surface area is 116 Å². The highest BCUT2D eigenvalue weighted by Gasteiger charge is 2.17. The summed E-state index contributed by atoms with van der Waals surface area (Å²) in [6, 6.07) is 2.77. The molecule has 20 heavy (non-hydrogen) atoms. The molecule has 0 aromatic carbocycles. The lowest BCUT2D eigenvalue weighted by atomic mass is 10.1. The number of aryl methyl sites for hydroxylation is 3. The van der Waals surface area contributed by atoms with Crippen molar-refractivity contribution >= 4 is 5.91 Å². The normalized spacial score (nSPS) is 12.2. The van der Waals surface area contributed by atoms with Crippen LogP contribution in [-0.2, 0) is 0 Å². The fourth-order valence-corrected chi connectivity index (χ4v) is 2.36. The Bertz CT molecular complexity index is 680. The second-order valence-electron chi connectivity index (χ2n) is 4.96. The molecule has 0 aliphatic heterocycles. The summed E-state index contributed by atoms with van der Waals surface area (Å²) >= 11 is 0. The molecule has 0 saturated carbocycles. The largest absolute Gasteiger partial charge is 0.345 e. The van der Waals surface area contributed by atoms with E-state index >= 15 is 0 Å². The Morgan fingerprint density at radius 2 is 2.00 bits per heavy atom. The van der Waals surface area contributed by atoms with Crippen molar-refractivity contribution in [2.75, 3.05) is 0 Å². The molecule has 2 aromatic heterocycles. The SMILES string of the molecule is Cc1cc(C(=O)N[C@@H](C)c2c(C)n[nH]c2C)cc(=O)[nH]1. The molecular weight excluding hydrogens is 256 g/mol. The molecule has 1 atom stereocenters. The number of hydrogen-bond acceptors (Lipinski definition) is 3. The minimum absolute atomic E-state index is 0.180. The summed E-state index contributed by atoms with van der Waals surface area (Å²) in [6.45, 7) is 7.43. The number of rotatable bonds is 3. The van der Waals surface area contributed by atoms with Gasteiger partial charge in [-0.25, -0.2) is 0 Å². The van der Waals surface area contributed by atoms with E-state index in [1.165, 1.54) is 6.07 Å². The van der Waals surface area contributed by atoms with Crippen molar-refractivity contribution in [1.29, 1.82) is 0 Å². The van der Waals surface area contributed by atoms with Gasteiger partial charge in [-0.1, -0.05) is 0 Å². The highest BCUT2D eigenvalue weighted by atomic mass is 16.2. The molecule has 0 aliphatic rings. The summed E-state index contributed by atoms with van der Waals surface area (Å²) in [4.78, 5) is 26.2. The van der Waals surface area contributed by atoms with Crippen LogP contribution in [-0.4, -0.2) is 21.1 Å². The number of nitrogens with one attached hydrogen (secondary N) is 3. The smallest absolute Gasteiger partial charge is 0.252 e. The van der Waals surface area contributed by atoms with Crippen molar-refractivity contribution in [2.45, 2.75) is 33.7 Å². The monoisotopic (exact) mass is 274 g/mol. The molecule has 106 valence electrons. The summed E-state index contributed by atoms with van der Waals surface area (Å²) in [5.74, 6) is -0.272. The van der Waals surface area contributed by atoms with Gasteiger partial charge in [-0.3, -0.25) is 14.7 Å². The Kier molecular flexibility index (Phi) is 3.74. The second kappa shape index (κ2) is 5.32. The zero-order valence-corrected chi connectivity index (χ0v) is 12.0. The average molecular weight is 274 g/mol. The van der Waals surface area contributed by atoms with Crippen LogP contribution >= 0.6 is 0 Å². The van der Waals surface area contributed by atoms with Gasteiger partial charge in [0.15, 0.2) is 0 Å². The minimum atomic E-state index is -0.279. The van der Waals surface area contributed by atoms with E-state index < -0.39 is 0 Å². The summed E-state index contributed by atoms with van der Waals surface area (Å²) in [5, 5.41) is 9.89. The Hall–Kier alpha value is -2.37. The van der Waals surface area contributed by atoms with E-state index in [1.807, 2.05) is 20.8 Å². The first-order valence-corrected chi connectivity index (χ1v) is 6.41. The maximum Gasteiger partial charge on any atom is 0.252 e. The van der Waals surface area contributed by atoms with Gasteiger partial charge >= 0.3 is 0 Å². The number of pyridine rings is 1. The minimum Gasteiger partial charge on any atom is -0.345 e. The quantitative estimate of drug-likeness (QED) is 0.792. The Morgan fingerprint density at radius 3 is 2.55 bits per heavy atom. The molecule has 2 heterocycles. The summed E-state index contributed by atoms with van der Waals surface area (Å²) in [6.07, 6.45) is 0. The zero-order valence-electron chi connectivity index (χ0n) is 12.0. The Balaban J connectivity index is 2.21. The highest BCUT2D eigenvalue weighted by Crippen LogP contribution is 2.19. The molecule has 2 rings (SSSR count). The van der Waals surface area contributed by atoms with Crippen molar-refractivity contribution in [3.8, 4) is 0 Å². The van der Waals surface area contributed by atoms with Gasteiger partial charge in [0.25, 0.3) is 5.91 Å². The molecule has 0 radical (unpaired) electrons. The molecule has 6 heteroatoms. The molecule has 0 fully saturated rings. The van der Waals surface area contributed by atoms with E-state index in [0.29, 0.717) is 11.3 Å². The van der Waals surface area contributed by atoms with Crippen LogP contribution in [0.4, 0.5) is 0 Å². The van der Waals surface area contributed by atoms with Gasteiger partial charge in [-0.05, 0) is 33.8 Å². The summed E-state index contributed by atoms with van der Waals surface area (Å²) in [5.41, 5.74) is 3.50.